The maximum Gasteiger partial charge on any atom is 0.274 e. The molecule has 0 spiro atoms. The van der Waals surface area contributed by atoms with Crippen molar-refractivity contribution in [3.05, 3.63) is 29.6 Å². The van der Waals surface area contributed by atoms with Crippen molar-refractivity contribution in [2.24, 2.45) is 0 Å². The number of benzene rings is 1. The van der Waals surface area contributed by atoms with E-state index in [4.69, 9.17) is 14.5 Å². The van der Waals surface area contributed by atoms with Crippen molar-refractivity contribution in [1.82, 2.24) is 19.7 Å². The summed E-state index contributed by atoms with van der Waals surface area (Å²) in [6.07, 6.45) is 0. The lowest BCUT2D eigenvalue weighted by atomic mass is 10.2. The third kappa shape index (κ3) is 3.58. The van der Waals surface area contributed by atoms with Crippen LogP contribution in [0.4, 0.5) is 5.13 Å². The number of thiazole rings is 1. The molecule has 4 rings (SSSR count). The minimum absolute atomic E-state index is 0.00946. The molecule has 30 heavy (non-hydrogen) atoms. The predicted octanol–water partition coefficient (Wildman–Crippen LogP) is 3.36. The van der Waals surface area contributed by atoms with E-state index in [1.807, 2.05) is 34.7 Å². The average Bonchev–Trinajstić information content (AvgIpc) is 3.37. The summed E-state index contributed by atoms with van der Waals surface area (Å²) in [5.41, 5.74) is 2.33. The Bertz CT molecular complexity index is 1030. The van der Waals surface area contributed by atoms with Gasteiger partial charge >= 0.3 is 0 Å². The first kappa shape index (κ1) is 20.5. The van der Waals surface area contributed by atoms with Crippen LogP contribution in [0.2, 0.25) is 0 Å². The number of anilines is 1. The highest BCUT2D eigenvalue weighted by Crippen LogP contribution is 2.40. The van der Waals surface area contributed by atoms with E-state index in [9.17, 15) is 4.79 Å². The van der Waals surface area contributed by atoms with E-state index >= 15 is 0 Å². The van der Waals surface area contributed by atoms with Gasteiger partial charge in [-0.2, -0.15) is 5.10 Å². The summed E-state index contributed by atoms with van der Waals surface area (Å²) in [5.74, 6) is 1.52. The Morgan fingerprint density at radius 3 is 2.37 bits per heavy atom. The fourth-order valence-corrected chi connectivity index (χ4v) is 4.91. The van der Waals surface area contributed by atoms with Crippen LogP contribution >= 0.6 is 11.3 Å². The van der Waals surface area contributed by atoms with Gasteiger partial charge in [-0.15, -0.1) is 0 Å². The Balaban J connectivity index is 1.49. The first-order chi connectivity index (χ1) is 14.4. The first-order valence-electron chi connectivity index (χ1n) is 10.0. The maximum atomic E-state index is 12.9. The van der Waals surface area contributed by atoms with E-state index in [-0.39, 0.29) is 11.9 Å². The minimum Gasteiger partial charge on any atom is -0.495 e. The van der Waals surface area contributed by atoms with Gasteiger partial charge in [0.2, 0.25) is 0 Å². The normalized spacial score (nSPS) is 14.6. The van der Waals surface area contributed by atoms with Crippen LogP contribution in [-0.2, 0) is 0 Å². The molecule has 1 aromatic carbocycles. The van der Waals surface area contributed by atoms with Gasteiger partial charge in [-0.25, -0.2) is 4.98 Å². The number of methoxy groups -OCH3 is 2. The molecule has 0 N–H and O–H groups in total. The number of hydrogen-bond donors (Lipinski definition) is 0. The van der Waals surface area contributed by atoms with Crippen LogP contribution in [0.1, 0.15) is 36.1 Å². The molecule has 1 fully saturated rings. The smallest absolute Gasteiger partial charge is 0.274 e. The van der Waals surface area contributed by atoms with Crippen LogP contribution < -0.4 is 14.4 Å². The molecule has 3 aromatic rings. The topological polar surface area (TPSA) is 72.7 Å². The third-order valence-corrected chi connectivity index (χ3v) is 6.50. The van der Waals surface area contributed by atoms with Crippen molar-refractivity contribution < 1.29 is 14.3 Å². The highest BCUT2D eigenvalue weighted by Gasteiger charge is 2.26. The van der Waals surface area contributed by atoms with Gasteiger partial charge in [0.15, 0.2) is 10.8 Å². The molecule has 1 aliphatic rings. The van der Waals surface area contributed by atoms with E-state index < -0.39 is 0 Å². The molecule has 0 unspecified atom stereocenters. The number of carbonyl (C=O) groups excluding carboxylic acids is 1. The van der Waals surface area contributed by atoms with E-state index in [2.05, 4.69) is 23.8 Å². The number of ether oxygens (including phenoxy) is 2. The number of amides is 1. The lowest BCUT2D eigenvalue weighted by Gasteiger charge is -2.34. The maximum absolute atomic E-state index is 12.9. The van der Waals surface area contributed by atoms with Crippen molar-refractivity contribution in [2.75, 3.05) is 45.3 Å². The molecule has 1 amide bonds. The lowest BCUT2D eigenvalue weighted by molar-refractivity contribution is 0.0739. The van der Waals surface area contributed by atoms with E-state index in [0.29, 0.717) is 18.8 Å². The fourth-order valence-electron chi connectivity index (χ4n) is 3.79. The van der Waals surface area contributed by atoms with Gasteiger partial charge in [0.1, 0.15) is 21.7 Å². The molecule has 1 saturated heterocycles. The van der Waals surface area contributed by atoms with Crippen LogP contribution in [0.15, 0.2) is 18.2 Å². The SMILES string of the molecule is COc1ccc(OC)c2sc(N3CCN(C(=O)c4cc(C)n(C(C)C)n4)CC3)nc12. The van der Waals surface area contributed by atoms with Crippen LogP contribution in [0, 0.1) is 6.92 Å². The van der Waals surface area contributed by atoms with Crippen molar-refractivity contribution in [3.8, 4) is 11.5 Å². The van der Waals surface area contributed by atoms with Gasteiger partial charge in [-0.05, 0) is 39.0 Å². The second-order valence-corrected chi connectivity index (χ2v) is 8.61. The minimum atomic E-state index is -0.00946. The molecule has 0 atom stereocenters. The highest BCUT2D eigenvalue weighted by atomic mass is 32.1. The Kier molecular flexibility index (Phi) is 5.55. The van der Waals surface area contributed by atoms with Crippen LogP contribution in [0.5, 0.6) is 11.5 Å². The van der Waals surface area contributed by atoms with Crippen molar-refractivity contribution in [3.63, 3.8) is 0 Å². The summed E-state index contributed by atoms with van der Waals surface area (Å²) >= 11 is 1.59. The quantitative estimate of drug-likeness (QED) is 0.619. The average molecular weight is 430 g/mol. The Morgan fingerprint density at radius 2 is 1.77 bits per heavy atom. The summed E-state index contributed by atoms with van der Waals surface area (Å²) in [5, 5.41) is 5.42. The van der Waals surface area contributed by atoms with Crippen molar-refractivity contribution in [2.45, 2.75) is 26.8 Å². The summed E-state index contributed by atoms with van der Waals surface area (Å²) in [7, 11) is 3.31. The van der Waals surface area contributed by atoms with Gasteiger partial charge in [0.25, 0.3) is 5.91 Å². The van der Waals surface area contributed by atoms with Crippen LogP contribution in [0.3, 0.4) is 0 Å². The van der Waals surface area contributed by atoms with Gasteiger partial charge in [-0.1, -0.05) is 11.3 Å². The van der Waals surface area contributed by atoms with Gasteiger partial charge in [0, 0.05) is 37.9 Å². The van der Waals surface area contributed by atoms with E-state index in [1.54, 1.807) is 25.6 Å². The number of aromatic nitrogens is 3. The number of hydrogen-bond acceptors (Lipinski definition) is 7. The summed E-state index contributed by atoms with van der Waals surface area (Å²) in [4.78, 5) is 21.8. The molecule has 9 heteroatoms. The van der Waals surface area contributed by atoms with E-state index in [0.717, 1.165) is 45.6 Å². The zero-order valence-electron chi connectivity index (χ0n) is 18.0. The molecule has 0 aliphatic carbocycles. The standard InChI is InChI=1S/C21H27N5O3S/c1-13(2)26-14(3)12-15(23-26)20(27)24-8-10-25(11-9-24)21-22-18-16(28-4)6-7-17(29-5)19(18)30-21/h6-7,12-13H,8-11H2,1-5H3. The Hall–Kier alpha value is -2.81. The number of aryl methyl sites for hydroxylation is 1. The zero-order chi connectivity index (χ0) is 21.4. The fraction of sp³-hybridized carbons (Fsp3) is 0.476. The van der Waals surface area contributed by atoms with Crippen LogP contribution in [0.25, 0.3) is 10.2 Å². The van der Waals surface area contributed by atoms with Gasteiger partial charge < -0.3 is 19.3 Å². The highest BCUT2D eigenvalue weighted by molar-refractivity contribution is 7.22. The number of piperazine rings is 1. The molecule has 3 heterocycles. The molecule has 2 aromatic heterocycles. The first-order valence-corrected chi connectivity index (χ1v) is 10.9. The third-order valence-electron chi connectivity index (χ3n) is 5.37. The van der Waals surface area contributed by atoms with Gasteiger partial charge in [0.05, 0.1) is 14.2 Å². The monoisotopic (exact) mass is 429 g/mol. The molecule has 0 bridgehead atoms. The largest absolute Gasteiger partial charge is 0.495 e. The summed E-state index contributed by atoms with van der Waals surface area (Å²) in [6, 6.07) is 5.88. The van der Waals surface area contributed by atoms with Gasteiger partial charge in [-0.3, -0.25) is 9.48 Å². The van der Waals surface area contributed by atoms with Crippen molar-refractivity contribution in [1.29, 1.82) is 0 Å². The number of fused-ring (bicyclic) bond motifs is 1. The summed E-state index contributed by atoms with van der Waals surface area (Å²) < 4.78 is 13.8. The second kappa shape index (κ2) is 8.14. The van der Waals surface area contributed by atoms with Crippen molar-refractivity contribution >= 4 is 32.6 Å². The molecular weight excluding hydrogens is 402 g/mol. The van der Waals surface area contributed by atoms with E-state index in [1.165, 1.54) is 0 Å². The lowest BCUT2D eigenvalue weighted by Crippen LogP contribution is -2.48. The predicted molar refractivity (Wildman–Crippen MR) is 118 cm³/mol. The Morgan fingerprint density at radius 1 is 1.10 bits per heavy atom. The molecular formula is C21H27N5O3S. The number of rotatable bonds is 5. The zero-order valence-corrected chi connectivity index (χ0v) is 18.8. The molecule has 160 valence electrons. The molecule has 8 nitrogen and oxygen atoms in total. The van der Waals surface area contributed by atoms with Crippen LogP contribution in [-0.4, -0.2) is 66.0 Å². The number of carbonyl (C=O) groups is 1. The molecule has 0 saturated carbocycles. The second-order valence-electron chi connectivity index (χ2n) is 7.63. The molecule has 0 radical (unpaired) electrons. The Labute approximate surface area is 180 Å². The summed E-state index contributed by atoms with van der Waals surface area (Å²) in [6.45, 7) is 8.83. The number of nitrogens with zero attached hydrogens (tertiary/aromatic N) is 5. The molecule has 1 aliphatic heterocycles.